The van der Waals surface area contributed by atoms with Crippen molar-refractivity contribution >= 4 is 39.2 Å². The number of alkyl carbamates (subject to hydrolysis) is 1. The fourth-order valence-electron chi connectivity index (χ4n) is 4.68. The van der Waals surface area contributed by atoms with E-state index in [-0.39, 0.29) is 18.5 Å². The molecule has 0 aromatic heterocycles. The van der Waals surface area contributed by atoms with Crippen molar-refractivity contribution in [2.45, 2.75) is 44.9 Å². The highest BCUT2D eigenvalue weighted by Gasteiger charge is 2.53. The van der Waals surface area contributed by atoms with Crippen molar-refractivity contribution in [3.05, 3.63) is 106 Å². The molecule has 0 spiro atoms. The Bertz CT molecular complexity index is 1500. The third-order valence-corrected chi connectivity index (χ3v) is 6.80. The lowest BCUT2D eigenvalue weighted by molar-refractivity contribution is -0.124. The highest BCUT2D eigenvalue weighted by Crippen LogP contribution is 2.47. The van der Waals surface area contributed by atoms with E-state index in [4.69, 9.17) is 4.74 Å². The van der Waals surface area contributed by atoms with Gasteiger partial charge in [-0.15, -0.1) is 0 Å². The maximum absolute atomic E-state index is 14.5. The zero-order chi connectivity index (χ0) is 28.2. The number of carbonyl (C=O) groups excluding carboxylic acids is 2. The molecule has 1 heterocycles. The summed E-state index contributed by atoms with van der Waals surface area (Å²) in [5, 5.41) is 22.6. The molecule has 8 heteroatoms. The second-order valence-corrected chi connectivity index (χ2v) is 11.1. The minimum atomic E-state index is -1.64. The molecule has 1 N–H and O–H groups in total. The number of allylic oxidation sites excluding steroid dienone is 1. The van der Waals surface area contributed by atoms with Gasteiger partial charge in [0.1, 0.15) is 23.3 Å². The van der Waals surface area contributed by atoms with Crippen molar-refractivity contribution in [3.8, 4) is 12.1 Å². The van der Waals surface area contributed by atoms with Gasteiger partial charge in [-0.1, -0.05) is 82.7 Å². The van der Waals surface area contributed by atoms with Crippen LogP contribution in [0.2, 0.25) is 0 Å². The normalized spacial score (nSPS) is 16.1. The number of rotatable bonds is 6. The first kappa shape index (κ1) is 27.6. The van der Waals surface area contributed by atoms with E-state index in [0.717, 1.165) is 10.0 Å². The number of fused-ring (bicyclic) bond motifs is 1. The Hall–Kier alpha value is -4.40. The fourth-order valence-corrected chi connectivity index (χ4v) is 5.03. The van der Waals surface area contributed by atoms with Gasteiger partial charge in [-0.05, 0) is 49.6 Å². The summed E-state index contributed by atoms with van der Waals surface area (Å²) in [5.41, 5.74) is 0.407. The van der Waals surface area contributed by atoms with Gasteiger partial charge in [-0.2, -0.15) is 10.5 Å². The molecule has 4 rings (SSSR count). The lowest BCUT2D eigenvalue weighted by atomic mass is 9.81. The minimum Gasteiger partial charge on any atom is -0.444 e. The van der Waals surface area contributed by atoms with E-state index in [2.05, 4.69) is 21.2 Å². The van der Waals surface area contributed by atoms with Crippen LogP contribution in [0.1, 0.15) is 43.9 Å². The van der Waals surface area contributed by atoms with Gasteiger partial charge in [0.05, 0.1) is 12.2 Å². The van der Waals surface area contributed by atoms with E-state index >= 15 is 0 Å². The van der Waals surface area contributed by atoms with Gasteiger partial charge < -0.3 is 15.0 Å². The summed E-state index contributed by atoms with van der Waals surface area (Å²) in [6.45, 7) is 5.47. The van der Waals surface area contributed by atoms with Crippen molar-refractivity contribution < 1.29 is 14.3 Å². The van der Waals surface area contributed by atoms with Crippen LogP contribution in [-0.2, 0) is 21.6 Å². The Morgan fingerprint density at radius 1 is 1.00 bits per heavy atom. The van der Waals surface area contributed by atoms with E-state index in [1.807, 2.05) is 54.6 Å². The van der Waals surface area contributed by atoms with Gasteiger partial charge >= 0.3 is 6.09 Å². The van der Waals surface area contributed by atoms with Gasteiger partial charge in [0, 0.05) is 16.5 Å². The van der Waals surface area contributed by atoms with Crippen LogP contribution < -0.4 is 10.2 Å². The first-order chi connectivity index (χ1) is 18.6. The fraction of sp³-hybridized carbons (Fsp3) is 0.226. The molecule has 1 atom stereocenters. The van der Waals surface area contributed by atoms with Crippen LogP contribution in [0.25, 0.3) is 5.57 Å². The number of hydrogen-bond acceptors (Lipinski definition) is 5. The van der Waals surface area contributed by atoms with Crippen molar-refractivity contribution in [2.75, 3.05) is 4.90 Å². The zero-order valence-electron chi connectivity index (χ0n) is 21.9. The number of carbonyl (C=O) groups is 2. The maximum Gasteiger partial charge on any atom is 0.408 e. The molecular formula is C31H27BrN4O3. The van der Waals surface area contributed by atoms with Crippen molar-refractivity contribution in [1.29, 1.82) is 10.5 Å². The summed E-state index contributed by atoms with van der Waals surface area (Å²) in [6, 6.07) is 27.8. The molecule has 0 bridgehead atoms. The van der Waals surface area contributed by atoms with Gasteiger partial charge in [-0.3, -0.25) is 4.79 Å². The minimum absolute atomic E-state index is 0.133. The molecule has 3 aromatic carbocycles. The van der Waals surface area contributed by atoms with Crippen molar-refractivity contribution in [2.24, 2.45) is 0 Å². The molecular weight excluding hydrogens is 556 g/mol. The molecule has 196 valence electrons. The predicted octanol–water partition coefficient (Wildman–Crippen LogP) is 6.61. The number of amides is 2. The molecule has 0 fully saturated rings. The molecule has 0 aliphatic carbocycles. The smallest absolute Gasteiger partial charge is 0.408 e. The number of halogens is 1. The first-order valence-corrected chi connectivity index (χ1v) is 13.1. The molecule has 0 unspecified atom stereocenters. The predicted molar refractivity (Wildman–Crippen MR) is 152 cm³/mol. The van der Waals surface area contributed by atoms with Crippen LogP contribution in [0, 0.1) is 22.7 Å². The van der Waals surface area contributed by atoms with Crippen LogP contribution in [0.3, 0.4) is 0 Å². The van der Waals surface area contributed by atoms with Crippen LogP contribution in [0.5, 0.6) is 0 Å². The quantitative estimate of drug-likeness (QED) is 0.329. The second kappa shape index (κ2) is 11.1. The van der Waals surface area contributed by atoms with Gasteiger partial charge in [0.25, 0.3) is 5.91 Å². The zero-order valence-corrected chi connectivity index (χ0v) is 23.5. The number of nitrogens with zero attached hydrogens (tertiary/aromatic N) is 3. The van der Waals surface area contributed by atoms with Crippen LogP contribution in [-0.4, -0.2) is 17.6 Å². The highest BCUT2D eigenvalue weighted by atomic mass is 79.9. The standard InChI is InChI=1S/C31H27BrN4O3/c1-30(2,3)39-29(38)35-31(17-25(23(18-33)19-34)22-12-8-5-9-13-22)26-15-14-24(32)16-27(26)36(28(31)37)20-21-10-6-4-7-11-21/h4-16H,17,20H2,1-3H3,(H,35,38)/t31-/m1/s1. The van der Waals surface area contributed by atoms with Crippen LogP contribution in [0.4, 0.5) is 10.5 Å². The summed E-state index contributed by atoms with van der Waals surface area (Å²) in [5.74, 6) is -0.394. The van der Waals surface area contributed by atoms with Crippen molar-refractivity contribution in [3.63, 3.8) is 0 Å². The summed E-state index contributed by atoms with van der Waals surface area (Å²) in [4.78, 5) is 29.4. The Morgan fingerprint density at radius 3 is 2.21 bits per heavy atom. The van der Waals surface area contributed by atoms with Crippen LogP contribution in [0.15, 0.2) is 88.9 Å². The lowest BCUT2D eigenvalue weighted by Gasteiger charge is -2.32. The largest absolute Gasteiger partial charge is 0.444 e. The number of anilines is 1. The number of nitrogens with one attached hydrogen (secondary N) is 1. The highest BCUT2D eigenvalue weighted by molar-refractivity contribution is 9.10. The van der Waals surface area contributed by atoms with E-state index in [1.54, 1.807) is 62.1 Å². The molecule has 0 radical (unpaired) electrons. The number of ether oxygens (including phenoxy) is 1. The number of nitriles is 2. The third kappa shape index (κ3) is 5.87. The maximum atomic E-state index is 14.5. The first-order valence-electron chi connectivity index (χ1n) is 12.3. The molecule has 0 saturated heterocycles. The second-order valence-electron chi connectivity index (χ2n) is 10.2. The summed E-state index contributed by atoms with van der Waals surface area (Å²) >= 11 is 3.51. The van der Waals surface area contributed by atoms with Gasteiger partial charge in [-0.25, -0.2) is 4.79 Å². The number of benzene rings is 3. The topological polar surface area (TPSA) is 106 Å². The molecule has 3 aromatic rings. The summed E-state index contributed by atoms with van der Waals surface area (Å²) in [6.07, 6.45) is -0.917. The third-order valence-electron chi connectivity index (χ3n) is 6.31. The number of hydrogen-bond donors (Lipinski definition) is 1. The molecule has 0 saturated carbocycles. The van der Waals surface area contributed by atoms with Crippen molar-refractivity contribution in [1.82, 2.24) is 5.32 Å². The molecule has 1 aliphatic rings. The average Bonchev–Trinajstić information content (AvgIpc) is 3.10. The molecule has 2 amide bonds. The van der Waals surface area contributed by atoms with E-state index < -0.39 is 23.1 Å². The van der Waals surface area contributed by atoms with E-state index in [1.165, 1.54) is 0 Å². The van der Waals surface area contributed by atoms with E-state index in [0.29, 0.717) is 22.4 Å². The molecule has 39 heavy (non-hydrogen) atoms. The Kier molecular flexibility index (Phi) is 7.90. The average molecular weight is 583 g/mol. The van der Waals surface area contributed by atoms with Crippen LogP contribution >= 0.6 is 15.9 Å². The van der Waals surface area contributed by atoms with Gasteiger partial charge in [0.2, 0.25) is 0 Å². The van der Waals surface area contributed by atoms with E-state index in [9.17, 15) is 20.1 Å². The Labute approximate surface area is 236 Å². The Morgan fingerprint density at radius 2 is 1.62 bits per heavy atom. The summed E-state index contributed by atoms with van der Waals surface area (Å²) in [7, 11) is 0. The Balaban J connectivity index is 1.93. The van der Waals surface area contributed by atoms with Gasteiger partial charge in [0.15, 0.2) is 5.54 Å². The molecule has 1 aliphatic heterocycles. The molecule has 7 nitrogen and oxygen atoms in total. The lowest BCUT2D eigenvalue weighted by Crippen LogP contribution is -2.54. The SMILES string of the molecule is CC(C)(C)OC(=O)N[C@@]1(CC(=C(C#N)C#N)c2ccccc2)C(=O)N(Cc2ccccc2)c2cc(Br)ccc21. The monoisotopic (exact) mass is 582 g/mol. The summed E-state index contributed by atoms with van der Waals surface area (Å²) < 4.78 is 6.35.